The smallest absolute Gasteiger partial charge is 0.255 e. The van der Waals surface area contributed by atoms with Crippen LogP contribution in [0.2, 0.25) is 0 Å². The van der Waals surface area contributed by atoms with Crippen LogP contribution in [0, 0.1) is 5.82 Å². The van der Waals surface area contributed by atoms with Crippen LogP contribution in [0.5, 0.6) is 5.75 Å². The number of pyridine rings is 1. The van der Waals surface area contributed by atoms with Gasteiger partial charge < -0.3 is 14.5 Å². The minimum absolute atomic E-state index is 0.0116. The Hall–Kier alpha value is -2.63. The zero-order chi connectivity index (χ0) is 17.2. The van der Waals surface area contributed by atoms with Crippen LogP contribution >= 0.6 is 0 Å². The van der Waals surface area contributed by atoms with Gasteiger partial charge in [-0.2, -0.15) is 0 Å². The van der Waals surface area contributed by atoms with Gasteiger partial charge in [0.2, 0.25) is 0 Å². The van der Waals surface area contributed by atoms with Crippen LogP contribution in [0.1, 0.15) is 29.6 Å². The number of carbonyl (C=O) groups excluding carboxylic acids is 1. The second-order valence-corrected chi connectivity index (χ2v) is 6.38. The third kappa shape index (κ3) is 3.16. The van der Waals surface area contributed by atoms with Crippen molar-refractivity contribution in [3.8, 4) is 5.75 Å². The van der Waals surface area contributed by atoms with E-state index in [1.165, 1.54) is 18.6 Å². The Morgan fingerprint density at radius 1 is 1.08 bits per heavy atom. The van der Waals surface area contributed by atoms with E-state index < -0.39 is 0 Å². The summed E-state index contributed by atoms with van der Waals surface area (Å²) in [5.41, 5.74) is 1.41. The Morgan fingerprint density at radius 2 is 1.84 bits per heavy atom. The average molecular weight is 341 g/mol. The highest BCUT2D eigenvalue weighted by molar-refractivity contribution is 5.95. The van der Waals surface area contributed by atoms with Gasteiger partial charge in [-0.15, -0.1) is 0 Å². The number of amides is 1. The molecule has 1 aromatic heterocycles. The van der Waals surface area contributed by atoms with E-state index in [1.807, 2.05) is 9.80 Å². The predicted molar refractivity (Wildman–Crippen MR) is 92.9 cm³/mol. The molecule has 2 aliphatic heterocycles. The summed E-state index contributed by atoms with van der Waals surface area (Å²) in [5, 5.41) is 0. The topological polar surface area (TPSA) is 45.7 Å². The first-order valence-corrected chi connectivity index (χ1v) is 8.67. The number of fused-ring (bicyclic) bond motifs is 1. The molecular formula is C19H20FN3O2. The number of carbonyl (C=O) groups is 1. The van der Waals surface area contributed by atoms with Gasteiger partial charge in [0.25, 0.3) is 5.91 Å². The number of anilines is 2. The molecule has 0 atom stereocenters. The highest BCUT2D eigenvalue weighted by atomic mass is 19.1. The first-order chi connectivity index (χ1) is 12.2. The number of hydrogen-bond donors (Lipinski definition) is 0. The van der Waals surface area contributed by atoms with Gasteiger partial charge in [-0.3, -0.25) is 4.79 Å². The lowest BCUT2D eigenvalue weighted by atomic mass is 10.1. The van der Waals surface area contributed by atoms with Crippen LogP contribution < -0.4 is 9.64 Å². The first-order valence-electron chi connectivity index (χ1n) is 8.67. The molecule has 0 spiro atoms. The molecule has 0 N–H and O–H groups in total. The van der Waals surface area contributed by atoms with Crippen molar-refractivity contribution in [3.05, 3.63) is 47.9 Å². The Bertz CT molecular complexity index is 773. The molecule has 0 bridgehead atoms. The van der Waals surface area contributed by atoms with Gasteiger partial charge in [0.15, 0.2) is 11.6 Å². The second-order valence-electron chi connectivity index (χ2n) is 6.38. The van der Waals surface area contributed by atoms with Crippen molar-refractivity contribution >= 4 is 17.4 Å². The van der Waals surface area contributed by atoms with Crippen LogP contribution in [0.25, 0.3) is 0 Å². The molecule has 2 aliphatic rings. The van der Waals surface area contributed by atoms with Crippen molar-refractivity contribution in [1.82, 2.24) is 9.88 Å². The average Bonchev–Trinajstić information content (AvgIpc) is 2.68. The Kier molecular flexibility index (Phi) is 4.26. The zero-order valence-corrected chi connectivity index (χ0v) is 13.9. The van der Waals surface area contributed by atoms with Crippen molar-refractivity contribution in [2.45, 2.75) is 19.3 Å². The summed E-state index contributed by atoms with van der Waals surface area (Å²) >= 11 is 0. The lowest BCUT2D eigenvalue weighted by Gasteiger charge is -2.31. The molecule has 0 aliphatic carbocycles. The third-order valence-electron chi connectivity index (χ3n) is 4.69. The Morgan fingerprint density at radius 3 is 2.60 bits per heavy atom. The fourth-order valence-electron chi connectivity index (χ4n) is 3.37. The summed E-state index contributed by atoms with van der Waals surface area (Å²) in [7, 11) is 0. The summed E-state index contributed by atoms with van der Waals surface area (Å²) in [4.78, 5) is 21.0. The fraction of sp³-hybridized carbons (Fsp3) is 0.368. The maximum atomic E-state index is 13.2. The molecule has 0 radical (unpaired) electrons. The molecule has 3 heterocycles. The van der Waals surface area contributed by atoms with Gasteiger partial charge in [-0.1, -0.05) is 0 Å². The summed E-state index contributed by atoms with van der Waals surface area (Å²) in [6.07, 6.45) is 4.90. The number of hydrogen-bond acceptors (Lipinski definition) is 4. The summed E-state index contributed by atoms with van der Waals surface area (Å²) in [6.45, 7) is 2.73. The van der Waals surface area contributed by atoms with E-state index in [2.05, 4.69) is 4.98 Å². The molecule has 4 rings (SSSR count). The van der Waals surface area contributed by atoms with Crippen LogP contribution in [0.15, 0.2) is 36.5 Å². The van der Waals surface area contributed by atoms with Gasteiger partial charge in [-0.25, -0.2) is 9.37 Å². The Labute approximate surface area is 146 Å². The molecule has 130 valence electrons. The predicted octanol–water partition coefficient (Wildman–Crippen LogP) is 3.38. The molecule has 1 fully saturated rings. The summed E-state index contributed by atoms with van der Waals surface area (Å²) < 4.78 is 18.9. The van der Waals surface area contributed by atoms with E-state index in [1.54, 1.807) is 24.4 Å². The van der Waals surface area contributed by atoms with Gasteiger partial charge >= 0.3 is 0 Å². The molecule has 1 aromatic carbocycles. The molecule has 5 nitrogen and oxygen atoms in total. The molecule has 0 saturated carbocycles. The van der Waals surface area contributed by atoms with E-state index >= 15 is 0 Å². The van der Waals surface area contributed by atoms with Crippen LogP contribution in [0.4, 0.5) is 15.9 Å². The molecule has 0 unspecified atom stereocenters. The lowest BCUT2D eigenvalue weighted by Crippen LogP contribution is -2.36. The van der Waals surface area contributed by atoms with Crippen molar-refractivity contribution in [2.75, 3.05) is 31.1 Å². The number of nitrogens with zero attached hydrogens (tertiary/aromatic N) is 3. The molecule has 2 aromatic rings. The number of likely N-dealkylation sites (tertiary alicyclic amines) is 1. The fourth-order valence-corrected chi connectivity index (χ4v) is 3.37. The highest BCUT2D eigenvalue weighted by Crippen LogP contribution is 2.35. The van der Waals surface area contributed by atoms with E-state index in [-0.39, 0.29) is 11.7 Å². The van der Waals surface area contributed by atoms with E-state index in [9.17, 15) is 9.18 Å². The van der Waals surface area contributed by atoms with Crippen molar-refractivity contribution in [2.24, 2.45) is 0 Å². The van der Waals surface area contributed by atoms with Gasteiger partial charge in [0.1, 0.15) is 12.4 Å². The number of benzene rings is 1. The maximum Gasteiger partial charge on any atom is 0.255 e. The van der Waals surface area contributed by atoms with Gasteiger partial charge in [0, 0.05) is 25.0 Å². The molecule has 25 heavy (non-hydrogen) atoms. The first kappa shape index (κ1) is 15.9. The quantitative estimate of drug-likeness (QED) is 0.840. The standard InChI is InChI=1S/C19H20FN3O2/c20-15-4-6-16(7-5-15)23-10-11-25-17-12-14(13-21-18(17)23)19(24)22-8-2-1-3-9-22/h4-7,12-13H,1-3,8-11H2. The second kappa shape index (κ2) is 6.70. The molecule has 6 heteroatoms. The Balaban J connectivity index is 1.61. The van der Waals surface area contributed by atoms with E-state index in [0.29, 0.717) is 30.3 Å². The number of halogens is 1. The molecular weight excluding hydrogens is 321 g/mol. The van der Waals surface area contributed by atoms with E-state index in [4.69, 9.17) is 4.74 Å². The number of piperidine rings is 1. The van der Waals surface area contributed by atoms with Crippen molar-refractivity contribution < 1.29 is 13.9 Å². The van der Waals surface area contributed by atoms with Crippen molar-refractivity contribution in [3.63, 3.8) is 0 Å². The molecule has 1 saturated heterocycles. The minimum atomic E-state index is -0.271. The number of aromatic nitrogens is 1. The number of rotatable bonds is 2. The van der Waals surface area contributed by atoms with Crippen LogP contribution in [-0.4, -0.2) is 42.0 Å². The summed E-state index contributed by atoms with van der Waals surface area (Å²) in [6, 6.07) is 8.07. The largest absolute Gasteiger partial charge is 0.488 e. The monoisotopic (exact) mass is 341 g/mol. The highest BCUT2D eigenvalue weighted by Gasteiger charge is 2.25. The third-order valence-corrected chi connectivity index (χ3v) is 4.69. The van der Waals surface area contributed by atoms with Crippen LogP contribution in [-0.2, 0) is 0 Å². The zero-order valence-electron chi connectivity index (χ0n) is 13.9. The SMILES string of the molecule is O=C(c1cnc2c(c1)OCCN2c1ccc(F)cc1)N1CCCCC1. The lowest BCUT2D eigenvalue weighted by molar-refractivity contribution is 0.0723. The normalized spacial score (nSPS) is 17.0. The summed E-state index contributed by atoms with van der Waals surface area (Å²) in [5.74, 6) is 0.997. The van der Waals surface area contributed by atoms with Gasteiger partial charge in [0.05, 0.1) is 12.1 Å². The maximum absolute atomic E-state index is 13.2. The number of ether oxygens (including phenoxy) is 1. The minimum Gasteiger partial charge on any atom is -0.488 e. The van der Waals surface area contributed by atoms with E-state index in [0.717, 1.165) is 31.6 Å². The van der Waals surface area contributed by atoms with Crippen molar-refractivity contribution in [1.29, 1.82) is 0 Å². The van der Waals surface area contributed by atoms with Crippen LogP contribution in [0.3, 0.4) is 0 Å². The molecule has 1 amide bonds. The van der Waals surface area contributed by atoms with Gasteiger partial charge in [-0.05, 0) is 49.6 Å².